The summed E-state index contributed by atoms with van der Waals surface area (Å²) < 4.78 is 19.0. The van der Waals surface area contributed by atoms with Crippen LogP contribution in [0.25, 0.3) is 0 Å². The SMILES string of the molecule is C=CCN(CC(=O)N1CCc2sccc2[C@@H]1COc1ccc(F)cc1)C(C)=O. The molecule has 1 aromatic carbocycles. The first-order valence-corrected chi connectivity index (χ1v) is 9.98. The average Bonchev–Trinajstić information content (AvgIpc) is 3.15. The number of carbonyl (C=O) groups excluding carboxylic acids is 2. The summed E-state index contributed by atoms with van der Waals surface area (Å²) in [5, 5.41) is 2.02. The van der Waals surface area contributed by atoms with E-state index in [4.69, 9.17) is 4.74 Å². The van der Waals surface area contributed by atoms with Gasteiger partial charge in [0.05, 0.1) is 6.04 Å². The van der Waals surface area contributed by atoms with Gasteiger partial charge in [-0.25, -0.2) is 4.39 Å². The van der Waals surface area contributed by atoms with Crippen LogP contribution in [0.1, 0.15) is 23.4 Å². The van der Waals surface area contributed by atoms with Crippen LogP contribution < -0.4 is 4.74 Å². The summed E-state index contributed by atoms with van der Waals surface area (Å²) in [7, 11) is 0. The minimum absolute atomic E-state index is 0.00781. The molecular formula is C21H23FN2O3S. The standard InChI is InChI=1S/C21H23FN2O3S/c1-3-10-23(15(2)25)13-21(26)24-11-8-20-18(9-12-28-20)19(24)14-27-17-6-4-16(22)5-7-17/h3-7,9,12,19H,1,8,10-11,13-14H2,2H3/t19-/m0/s1. The van der Waals surface area contributed by atoms with Crippen molar-refractivity contribution in [2.45, 2.75) is 19.4 Å². The van der Waals surface area contributed by atoms with Crippen LogP contribution in [-0.4, -0.2) is 47.9 Å². The van der Waals surface area contributed by atoms with Gasteiger partial charge in [0.25, 0.3) is 0 Å². The number of amides is 2. The Labute approximate surface area is 168 Å². The van der Waals surface area contributed by atoms with Crippen LogP contribution in [0.3, 0.4) is 0 Å². The molecule has 0 spiro atoms. The Kier molecular flexibility index (Phi) is 6.46. The van der Waals surface area contributed by atoms with E-state index in [2.05, 4.69) is 6.58 Å². The largest absolute Gasteiger partial charge is 0.491 e. The first-order valence-electron chi connectivity index (χ1n) is 9.10. The Morgan fingerprint density at radius 1 is 1.36 bits per heavy atom. The zero-order chi connectivity index (χ0) is 20.1. The van der Waals surface area contributed by atoms with E-state index in [1.54, 1.807) is 34.4 Å². The molecule has 0 fully saturated rings. The van der Waals surface area contributed by atoms with Crippen LogP contribution in [0.2, 0.25) is 0 Å². The van der Waals surface area contributed by atoms with Gasteiger partial charge in [0, 0.05) is 24.9 Å². The van der Waals surface area contributed by atoms with Crippen LogP contribution >= 0.6 is 11.3 Å². The predicted molar refractivity (Wildman–Crippen MR) is 107 cm³/mol. The zero-order valence-corrected chi connectivity index (χ0v) is 16.6. The average molecular weight is 402 g/mol. The number of thiophene rings is 1. The molecule has 0 aliphatic carbocycles. The van der Waals surface area contributed by atoms with Crippen molar-refractivity contribution in [3.63, 3.8) is 0 Å². The molecule has 28 heavy (non-hydrogen) atoms. The maximum Gasteiger partial charge on any atom is 0.242 e. The molecular weight excluding hydrogens is 379 g/mol. The second-order valence-electron chi connectivity index (χ2n) is 6.61. The molecule has 1 aliphatic rings. The van der Waals surface area contributed by atoms with Crippen molar-refractivity contribution in [1.29, 1.82) is 0 Å². The van der Waals surface area contributed by atoms with Gasteiger partial charge in [-0.2, -0.15) is 0 Å². The fraction of sp³-hybridized carbons (Fsp3) is 0.333. The molecule has 0 saturated heterocycles. The van der Waals surface area contributed by atoms with Crippen LogP contribution in [0.15, 0.2) is 48.4 Å². The van der Waals surface area contributed by atoms with Gasteiger partial charge in [-0.3, -0.25) is 9.59 Å². The number of nitrogens with zero attached hydrogens (tertiary/aromatic N) is 2. The van der Waals surface area contributed by atoms with Crippen molar-refractivity contribution in [2.24, 2.45) is 0 Å². The van der Waals surface area contributed by atoms with Gasteiger partial charge in [-0.1, -0.05) is 6.08 Å². The smallest absolute Gasteiger partial charge is 0.242 e. The Balaban J connectivity index is 1.76. The molecule has 2 heterocycles. The molecule has 2 amide bonds. The molecule has 148 valence electrons. The number of carbonyl (C=O) groups is 2. The third-order valence-corrected chi connectivity index (χ3v) is 5.75. The summed E-state index contributed by atoms with van der Waals surface area (Å²) in [4.78, 5) is 29.3. The monoisotopic (exact) mass is 402 g/mol. The first-order chi connectivity index (χ1) is 13.5. The van der Waals surface area contributed by atoms with Gasteiger partial charge in [0.1, 0.15) is 24.7 Å². The molecule has 3 rings (SSSR count). The van der Waals surface area contributed by atoms with Gasteiger partial charge >= 0.3 is 0 Å². The number of rotatable bonds is 7. The van der Waals surface area contributed by atoms with E-state index in [-0.39, 0.29) is 36.8 Å². The predicted octanol–water partition coefficient (Wildman–Crippen LogP) is 3.43. The van der Waals surface area contributed by atoms with Crippen molar-refractivity contribution in [3.05, 3.63) is 64.6 Å². The van der Waals surface area contributed by atoms with Gasteiger partial charge in [-0.05, 0) is 47.7 Å². The van der Waals surface area contributed by atoms with Gasteiger partial charge in [0.15, 0.2) is 0 Å². The summed E-state index contributed by atoms with van der Waals surface area (Å²) in [5.41, 5.74) is 1.07. The Morgan fingerprint density at radius 2 is 2.11 bits per heavy atom. The summed E-state index contributed by atoms with van der Waals surface area (Å²) >= 11 is 1.67. The van der Waals surface area contributed by atoms with Crippen molar-refractivity contribution >= 4 is 23.2 Å². The Bertz CT molecular complexity index is 850. The van der Waals surface area contributed by atoms with E-state index < -0.39 is 0 Å². The summed E-state index contributed by atoms with van der Waals surface area (Å²) in [5.74, 6) is -0.0659. The van der Waals surface area contributed by atoms with E-state index in [0.29, 0.717) is 18.8 Å². The zero-order valence-electron chi connectivity index (χ0n) is 15.8. The van der Waals surface area contributed by atoms with Crippen molar-refractivity contribution in [2.75, 3.05) is 26.2 Å². The van der Waals surface area contributed by atoms with Crippen LogP contribution in [-0.2, 0) is 16.0 Å². The fourth-order valence-corrected chi connectivity index (χ4v) is 4.22. The molecule has 0 N–H and O–H groups in total. The Hall–Kier alpha value is -2.67. The lowest BCUT2D eigenvalue weighted by Gasteiger charge is -2.37. The lowest BCUT2D eigenvalue weighted by molar-refractivity contribution is -0.141. The van der Waals surface area contributed by atoms with Gasteiger partial charge in [0.2, 0.25) is 11.8 Å². The maximum atomic E-state index is 13.1. The molecule has 0 unspecified atom stereocenters. The van der Waals surface area contributed by atoms with E-state index in [1.807, 2.05) is 11.4 Å². The van der Waals surface area contributed by atoms with E-state index in [1.165, 1.54) is 28.8 Å². The van der Waals surface area contributed by atoms with Gasteiger partial charge < -0.3 is 14.5 Å². The second kappa shape index (κ2) is 9.01. The number of hydrogen-bond donors (Lipinski definition) is 0. The molecule has 7 heteroatoms. The molecule has 0 saturated carbocycles. The quantitative estimate of drug-likeness (QED) is 0.667. The van der Waals surface area contributed by atoms with E-state index >= 15 is 0 Å². The number of hydrogen-bond acceptors (Lipinski definition) is 4. The van der Waals surface area contributed by atoms with E-state index in [9.17, 15) is 14.0 Å². The van der Waals surface area contributed by atoms with Crippen molar-refractivity contribution in [1.82, 2.24) is 9.80 Å². The Morgan fingerprint density at radius 3 is 2.79 bits per heavy atom. The summed E-state index contributed by atoms with van der Waals surface area (Å²) in [6.45, 7) is 6.27. The van der Waals surface area contributed by atoms with Crippen molar-refractivity contribution < 1.29 is 18.7 Å². The molecule has 2 aromatic rings. The molecule has 1 aromatic heterocycles. The third kappa shape index (κ3) is 4.59. The molecule has 1 aliphatic heterocycles. The third-order valence-electron chi connectivity index (χ3n) is 4.76. The highest BCUT2D eigenvalue weighted by Crippen LogP contribution is 2.34. The van der Waals surface area contributed by atoms with Crippen LogP contribution in [0.5, 0.6) is 5.75 Å². The topological polar surface area (TPSA) is 49.9 Å². The molecule has 1 atom stereocenters. The lowest BCUT2D eigenvalue weighted by Crippen LogP contribution is -2.47. The number of fused-ring (bicyclic) bond motifs is 1. The minimum atomic E-state index is -0.325. The highest BCUT2D eigenvalue weighted by Gasteiger charge is 2.33. The highest BCUT2D eigenvalue weighted by molar-refractivity contribution is 7.10. The highest BCUT2D eigenvalue weighted by atomic mass is 32.1. The fourth-order valence-electron chi connectivity index (χ4n) is 3.29. The van der Waals surface area contributed by atoms with Crippen LogP contribution in [0.4, 0.5) is 4.39 Å². The molecule has 5 nitrogen and oxygen atoms in total. The molecule has 0 radical (unpaired) electrons. The normalized spacial score (nSPS) is 15.6. The maximum absolute atomic E-state index is 13.1. The lowest BCUT2D eigenvalue weighted by atomic mass is 10.0. The first kappa shape index (κ1) is 20.1. The number of benzene rings is 1. The second-order valence-corrected chi connectivity index (χ2v) is 7.61. The number of ether oxygens (including phenoxy) is 1. The van der Waals surface area contributed by atoms with Crippen molar-refractivity contribution in [3.8, 4) is 5.75 Å². The number of halogens is 1. The van der Waals surface area contributed by atoms with Gasteiger partial charge in [-0.15, -0.1) is 17.9 Å². The van der Waals surface area contributed by atoms with Crippen LogP contribution in [0, 0.1) is 5.82 Å². The summed E-state index contributed by atoms with van der Waals surface area (Å²) in [6.07, 6.45) is 2.39. The minimum Gasteiger partial charge on any atom is -0.491 e. The molecule has 0 bridgehead atoms. The van der Waals surface area contributed by atoms with E-state index in [0.717, 1.165) is 12.0 Å². The summed E-state index contributed by atoms with van der Waals surface area (Å²) in [6, 6.07) is 7.60.